The molecule has 8 nitrogen and oxygen atoms in total. The van der Waals surface area contributed by atoms with Gasteiger partial charge in [-0.1, -0.05) is 0 Å². The number of phenols is 2. The smallest absolute Gasteiger partial charge is 0.254 e. The summed E-state index contributed by atoms with van der Waals surface area (Å²) in [5, 5.41) is 30.1. The van der Waals surface area contributed by atoms with Crippen molar-refractivity contribution in [3.8, 4) is 11.5 Å². The van der Waals surface area contributed by atoms with Gasteiger partial charge in [0.25, 0.3) is 5.91 Å². The highest BCUT2D eigenvalue weighted by Gasteiger charge is 2.13. The highest BCUT2D eigenvalue weighted by atomic mass is 16.3. The molecule has 0 spiro atoms. The van der Waals surface area contributed by atoms with E-state index in [0.717, 1.165) is 6.07 Å². The molecule has 4 N–H and O–H groups in total. The lowest BCUT2D eigenvalue weighted by Crippen LogP contribution is -2.10. The highest BCUT2D eigenvalue weighted by molar-refractivity contribution is 5.96. The van der Waals surface area contributed by atoms with Gasteiger partial charge in [0.05, 0.1) is 6.20 Å². The Kier molecular flexibility index (Phi) is 3.15. The number of carbonyl (C=O) groups is 1. The number of primary amides is 1. The largest absolute Gasteiger partial charge is 0.508 e. The van der Waals surface area contributed by atoms with E-state index in [1.165, 1.54) is 23.0 Å². The summed E-state index contributed by atoms with van der Waals surface area (Å²) in [6, 6.07) is 3.87. The maximum Gasteiger partial charge on any atom is 0.254 e. The topological polar surface area (TPSA) is 126 Å². The van der Waals surface area contributed by atoms with Crippen LogP contribution < -0.4 is 5.73 Å². The summed E-state index contributed by atoms with van der Waals surface area (Å²) in [6.07, 6.45) is 1.29. The summed E-state index contributed by atoms with van der Waals surface area (Å²) in [6.45, 7) is 0. The van der Waals surface area contributed by atoms with Crippen LogP contribution in [0.15, 0.2) is 34.6 Å². The number of rotatable bonds is 3. The summed E-state index contributed by atoms with van der Waals surface area (Å²) >= 11 is 0. The van der Waals surface area contributed by atoms with Crippen LogP contribution in [0.3, 0.4) is 0 Å². The standard InChI is InChI=1S/C11H11N5O3/c1-16-11(7(5-13-16)10(12)19)15-14-8-3-2-6(17)4-9(8)18/h2-5,17-18H,1H3,(H2,12,19). The Balaban J connectivity index is 2.38. The summed E-state index contributed by atoms with van der Waals surface area (Å²) in [5.74, 6) is -0.807. The van der Waals surface area contributed by atoms with E-state index in [1.54, 1.807) is 7.05 Å². The molecule has 1 amide bonds. The van der Waals surface area contributed by atoms with E-state index in [-0.39, 0.29) is 28.6 Å². The van der Waals surface area contributed by atoms with Crippen molar-refractivity contribution >= 4 is 17.4 Å². The van der Waals surface area contributed by atoms with Crippen LogP contribution in [0.25, 0.3) is 0 Å². The van der Waals surface area contributed by atoms with Gasteiger partial charge >= 0.3 is 0 Å². The van der Waals surface area contributed by atoms with Crippen molar-refractivity contribution in [3.05, 3.63) is 30.0 Å². The van der Waals surface area contributed by atoms with Gasteiger partial charge in [0.2, 0.25) is 0 Å². The van der Waals surface area contributed by atoms with Gasteiger partial charge in [-0.15, -0.1) is 10.2 Å². The average Bonchev–Trinajstić information content (AvgIpc) is 2.70. The van der Waals surface area contributed by atoms with E-state index in [1.807, 2.05) is 0 Å². The quantitative estimate of drug-likeness (QED) is 0.720. The highest BCUT2D eigenvalue weighted by Crippen LogP contribution is 2.31. The van der Waals surface area contributed by atoms with Gasteiger partial charge in [-0.2, -0.15) is 5.10 Å². The van der Waals surface area contributed by atoms with Crippen molar-refractivity contribution in [1.29, 1.82) is 0 Å². The lowest BCUT2D eigenvalue weighted by molar-refractivity contribution is 0.100. The van der Waals surface area contributed by atoms with Gasteiger partial charge in [0.1, 0.15) is 22.7 Å². The second-order valence-corrected chi connectivity index (χ2v) is 3.74. The molecule has 0 saturated heterocycles. The second kappa shape index (κ2) is 4.77. The molecule has 0 radical (unpaired) electrons. The Labute approximate surface area is 107 Å². The predicted octanol–water partition coefficient (Wildman–Crippen LogP) is 1.35. The fraction of sp³-hybridized carbons (Fsp3) is 0.0909. The van der Waals surface area contributed by atoms with Gasteiger partial charge in [-0.3, -0.25) is 4.79 Å². The Morgan fingerprint density at radius 3 is 2.74 bits per heavy atom. The fourth-order valence-corrected chi connectivity index (χ4v) is 1.42. The van der Waals surface area contributed by atoms with Crippen molar-refractivity contribution in [2.24, 2.45) is 23.0 Å². The molecule has 98 valence electrons. The van der Waals surface area contributed by atoms with Gasteiger partial charge in [-0.05, 0) is 12.1 Å². The molecule has 1 aromatic carbocycles. The normalized spacial score (nSPS) is 11.0. The number of phenolic OH excluding ortho intramolecular Hbond substituents is 2. The molecule has 19 heavy (non-hydrogen) atoms. The molecule has 8 heteroatoms. The average molecular weight is 261 g/mol. The number of carbonyl (C=O) groups excluding carboxylic acids is 1. The van der Waals surface area contributed by atoms with Crippen molar-refractivity contribution in [1.82, 2.24) is 9.78 Å². The van der Waals surface area contributed by atoms with Crippen LogP contribution in [0, 0.1) is 0 Å². The van der Waals surface area contributed by atoms with Crippen LogP contribution in [-0.2, 0) is 7.05 Å². The van der Waals surface area contributed by atoms with Gasteiger partial charge in [0.15, 0.2) is 5.82 Å². The molecule has 2 rings (SSSR count). The maximum absolute atomic E-state index is 11.1. The molecule has 0 aliphatic rings. The Bertz CT molecular complexity index is 662. The number of aromatic nitrogens is 2. The monoisotopic (exact) mass is 261 g/mol. The molecular weight excluding hydrogens is 250 g/mol. The van der Waals surface area contributed by atoms with Crippen molar-refractivity contribution in [2.45, 2.75) is 0 Å². The minimum absolute atomic E-state index is 0.0881. The zero-order valence-electron chi connectivity index (χ0n) is 9.98. The van der Waals surface area contributed by atoms with E-state index in [0.29, 0.717) is 0 Å². The zero-order chi connectivity index (χ0) is 14.0. The van der Waals surface area contributed by atoms with Gasteiger partial charge < -0.3 is 15.9 Å². The van der Waals surface area contributed by atoms with E-state index < -0.39 is 5.91 Å². The second-order valence-electron chi connectivity index (χ2n) is 3.74. The molecule has 0 atom stereocenters. The van der Waals surface area contributed by atoms with Gasteiger partial charge in [-0.25, -0.2) is 4.68 Å². The van der Waals surface area contributed by atoms with E-state index in [4.69, 9.17) is 10.8 Å². The number of nitrogens with two attached hydrogens (primary N) is 1. The molecule has 1 aromatic heterocycles. The van der Waals surface area contributed by atoms with Crippen LogP contribution in [0.2, 0.25) is 0 Å². The summed E-state index contributed by atoms with van der Waals surface area (Å²) < 4.78 is 1.33. The third-order valence-corrected chi connectivity index (χ3v) is 2.38. The third kappa shape index (κ3) is 2.51. The lowest BCUT2D eigenvalue weighted by Gasteiger charge is -1.99. The lowest BCUT2D eigenvalue weighted by atomic mass is 10.3. The molecule has 0 bridgehead atoms. The fourth-order valence-electron chi connectivity index (χ4n) is 1.42. The van der Waals surface area contributed by atoms with E-state index in [2.05, 4.69) is 15.3 Å². The number of aromatic hydroxyl groups is 2. The number of amides is 1. The molecule has 0 unspecified atom stereocenters. The van der Waals surface area contributed by atoms with Crippen molar-refractivity contribution in [2.75, 3.05) is 0 Å². The molecule has 0 aliphatic heterocycles. The number of azo groups is 1. The van der Waals surface area contributed by atoms with E-state index >= 15 is 0 Å². The van der Waals surface area contributed by atoms with Crippen LogP contribution in [-0.4, -0.2) is 25.9 Å². The first kappa shape index (κ1) is 12.6. The number of hydrogen-bond donors (Lipinski definition) is 3. The molecule has 0 aliphatic carbocycles. The van der Waals surface area contributed by atoms with E-state index in [9.17, 15) is 9.90 Å². The minimum Gasteiger partial charge on any atom is -0.508 e. The number of nitrogens with zero attached hydrogens (tertiary/aromatic N) is 4. The SMILES string of the molecule is Cn1ncc(C(N)=O)c1N=Nc1ccc(O)cc1O. The van der Waals surface area contributed by atoms with Crippen molar-refractivity contribution < 1.29 is 15.0 Å². The first-order chi connectivity index (χ1) is 8.99. The zero-order valence-corrected chi connectivity index (χ0v) is 9.98. The summed E-state index contributed by atoms with van der Waals surface area (Å²) in [7, 11) is 1.58. The van der Waals surface area contributed by atoms with Crippen molar-refractivity contribution in [3.63, 3.8) is 0 Å². The number of hydrogen-bond acceptors (Lipinski definition) is 6. The number of aryl methyl sites for hydroxylation is 1. The Morgan fingerprint density at radius 2 is 2.11 bits per heavy atom. The first-order valence-electron chi connectivity index (χ1n) is 5.24. The van der Waals surface area contributed by atoms with Crippen LogP contribution in [0.1, 0.15) is 10.4 Å². The molecule has 1 heterocycles. The molecule has 0 saturated carbocycles. The molecule has 0 fully saturated rings. The maximum atomic E-state index is 11.1. The molecular formula is C11H11N5O3. The Hall–Kier alpha value is -2.90. The van der Waals surface area contributed by atoms with Crippen LogP contribution >= 0.6 is 0 Å². The van der Waals surface area contributed by atoms with Crippen LogP contribution in [0.5, 0.6) is 11.5 Å². The molecule has 2 aromatic rings. The Morgan fingerprint density at radius 1 is 1.37 bits per heavy atom. The number of benzene rings is 1. The first-order valence-corrected chi connectivity index (χ1v) is 5.24. The minimum atomic E-state index is -0.669. The third-order valence-electron chi connectivity index (χ3n) is 2.38. The predicted molar refractivity (Wildman–Crippen MR) is 65.7 cm³/mol. The van der Waals surface area contributed by atoms with Crippen LogP contribution in [0.4, 0.5) is 11.5 Å². The van der Waals surface area contributed by atoms with Gasteiger partial charge in [0, 0.05) is 13.1 Å². The summed E-state index contributed by atoms with van der Waals surface area (Å²) in [5.41, 5.74) is 5.45. The summed E-state index contributed by atoms with van der Waals surface area (Å²) in [4.78, 5) is 11.1.